The first-order valence-electron chi connectivity index (χ1n) is 14.7. The topological polar surface area (TPSA) is 190 Å². The zero-order chi connectivity index (χ0) is 32.4. The fourth-order valence-electron chi connectivity index (χ4n) is 5.18. The lowest BCUT2D eigenvalue weighted by Crippen LogP contribution is -2.51. The Balaban J connectivity index is 1.47. The van der Waals surface area contributed by atoms with E-state index in [0.29, 0.717) is 18.5 Å². The highest BCUT2D eigenvalue weighted by molar-refractivity contribution is 7.89. The van der Waals surface area contributed by atoms with Crippen molar-refractivity contribution in [2.24, 2.45) is 11.0 Å². The van der Waals surface area contributed by atoms with Crippen molar-refractivity contribution in [2.75, 3.05) is 38.6 Å². The molecule has 1 saturated carbocycles. The number of rotatable bonds is 15. The van der Waals surface area contributed by atoms with E-state index in [2.05, 4.69) is 25.8 Å². The summed E-state index contributed by atoms with van der Waals surface area (Å²) in [5.74, 6) is -1.67. The van der Waals surface area contributed by atoms with E-state index < -0.39 is 40.4 Å². The van der Waals surface area contributed by atoms with E-state index in [1.54, 1.807) is 28.1 Å². The number of alkyl halides is 1. The number of nitrogens with zero attached hydrogens (tertiary/aromatic N) is 3. The zero-order valence-electron chi connectivity index (χ0n) is 24.7. The maximum atomic E-state index is 13.5. The summed E-state index contributed by atoms with van der Waals surface area (Å²) in [7, 11) is -4.21. The van der Waals surface area contributed by atoms with Gasteiger partial charge in [-0.1, -0.05) is 30.3 Å². The van der Waals surface area contributed by atoms with Crippen molar-refractivity contribution in [3.8, 4) is 0 Å². The van der Waals surface area contributed by atoms with Crippen LogP contribution >= 0.6 is 11.6 Å². The van der Waals surface area contributed by atoms with Crippen LogP contribution in [0.2, 0.25) is 0 Å². The van der Waals surface area contributed by atoms with Gasteiger partial charge in [-0.2, -0.15) is 9.82 Å². The van der Waals surface area contributed by atoms with Gasteiger partial charge in [0.1, 0.15) is 18.3 Å². The number of carboxylic acid groups (broad SMARTS) is 1. The molecule has 244 valence electrons. The lowest BCUT2D eigenvalue weighted by molar-refractivity contribution is -0.135. The lowest BCUT2D eigenvalue weighted by atomic mass is 9.99. The van der Waals surface area contributed by atoms with Crippen molar-refractivity contribution in [2.45, 2.75) is 49.1 Å². The van der Waals surface area contributed by atoms with Gasteiger partial charge < -0.3 is 20.6 Å². The van der Waals surface area contributed by atoms with Crippen molar-refractivity contribution >= 4 is 62.5 Å². The van der Waals surface area contributed by atoms with Crippen LogP contribution in [0.15, 0.2) is 52.5 Å². The molecule has 14 nitrogen and oxygen atoms in total. The number of amides is 4. The van der Waals surface area contributed by atoms with E-state index in [9.17, 15) is 27.6 Å². The molecule has 1 aliphatic carbocycles. The van der Waals surface area contributed by atoms with Crippen molar-refractivity contribution < 1.29 is 32.7 Å². The van der Waals surface area contributed by atoms with Crippen LogP contribution in [0.3, 0.4) is 0 Å². The van der Waals surface area contributed by atoms with Crippen LogP contribution in [-0.4, -0.2) is 104 Å². The average Bonchev–Trinajstić information content (AvgIpc) is 3.86. The van der Waals surface area contributed by atoms with Crippen molar-refractivity contribution in [3.05, 3.63) is 42.5 Å². The standard InChI is InChI=1S/C29H38ClN7O7S/c30-16-26(38)31-11-13-37(23-8-9-23)27(39)15-25(35-45(43,44)24-10-7-21-5-1-2-6-22(21)14-24)28(40)32-17-20-4-3-12-36(18-20)34-19-33-29(41)42/h1-2,5-7,10,14,19-20,23,25,35H,3-4,8-9,11-13,15-18H2,(H,31,38)(H,32,40)(H,33,34)(H,41,42)/t20-,25-/m0/s1. The number of carbonyl (C=O) groups is 4. The first kappa shape index (κ1) is 33.9. The predicted molar refractivity (Wildman–Crippen MR) is 168 cm³/mol. The highest BCUT2D eigenvalue weighted by Crippen LogP contribution is 2.27. The normalized spacial score (nSPS) is 17.5. The minimum Gasteiger partial charge on any atom is -0.465 e. The molecule has 16 heteroatoms. The number of hydrogen-bond acceptors (Lipinski definition) is 8. The first-order valence-corrected chi connectivity index (χ1v) is 16.8. The molecule has 2 fully saturated rings. The molecule has 0 bridgehead atoms. The highest BCUT2D eigenvalue weighted by Gasteiger charge is 2.36. The molecule has 4 rings (SSSR count). The zero-order valence-corrected chi connectivity index (χ0v) is 26.2. The minimum atomic E-state index is -4.21. The van der Waals surface area contributed by atoms with Gasteiger partial charge in [0, 0.05) is 38.8 Å². The average molecular weight is 664 g/mol. The van der Waals surface area contributed by atoms with Crippen LogP contribution in [-0.2, 0) is 24.4 Å². The fraction of sp³-hybridized carbons (Fsp3) is 0.483. The molecule has 45 heavy (non-hydrogen) atoms. The van der Waals surface area contributed by atoms with Crippen molar-refractivity contribution in [3.63, 3.8) is 0 Å². The minimum absolute atomic E-state index is 0.0355. The summed E-state index contributed by atoms with van der Waals surface area (Å²) in [5.41, 5.74) is 0. The molecular formula is C29H38ClN7O7S. The van der Waals surface area contributed by atoms with Crippen LogP contribution in [0, 0.1) is 5.92 Å². The summed E-state index contributed by atoms with van der Waals surface area (Å²) >= 11 is 5.54. The molecule has 4 amide bonds. The van der Waals surface area contributed by atoms with Gasteiger partial charge in [0.15, 0.2) is 0 Å². The second-order valence-electron chi connectivity index (χ2n) is 11.0. The van der Waals surface area contributed by atoms with E-state index in [1.807, 2.05) is 12.1 Å². The van der Waals surface area contributed by atoms with Gasteiger partial charge in [-0.3, -0.25) is 24.7 Å². The van der Waals surface area contributed by atoms with Gasteiger partial charge in [-0.25, -0.2) is 13.2 Å². The summed E-state index contributed by atoms with van der Waals surface area (Å²) in [6.45, 7) is 1.65. The molecule has 0 radical (unpaired) electrons. The summed E-state index contributed by atoms with van der Waals surface area (Å²) in [4.78, 5) is 50.8. The third kappa shape index (κ3) is 10.3. The summed E-state index contributed by atoms with van der Waals surface area (Å²) < 4.78 is 29.5. The molecule has 2 aliphatic rings. The Bertz CT molecular complexity index is 1520. The van der Waals surface area contributed by atoms with Crippen LogP contribution in [0.5, 0.6) is 0 Å². The van der Waals surface area contributed by atoms with Crippen molar-refractivity contribution in [1.82, 2.24) is 30.6 Å². The third-order valence-corrected chi connectivity index (χ3v) is 9.31. The molecule has 2 atom stereocenters. The van der Waals surface area contributed by atoms with Gasteiger partial charge in [-0.05, 0) is 54.5 Å². The summed E-state index contributed by atoms with van der Waals surface area (Å²) in [5, 5.41) is 23.6. The first-order chi connectivity index (χ1) is 21.6. The fourth-order valence-corrected chi connectivity index (χ4v) is 6.50. The summed E-state index contributed by atoms with van der Waals surface area (Å²) in [6.07, 6.45) is 2.52. The molecule has 0 aromatic heterocycles. The molecule has 2 aromatic carbocycles. The monoisotopic (exact) mass is 663 g/mol. The van der Waals surface area contributed by atoms with Gasteiger partial charge in [0.05, 0.1) is 11.3 Å². The number of carbonyl (C=O) groups excluding carboxylic acids is 3. The van der Waals surface area contributed by atoms with Gasteiger partial charge in [0.2, 0.25) is 27.7 Å². The number of piperidine rings is 1. The Hall–Kier alpha value is -3.95. The molecule has 1 aliphatic heterocycles. The number of hydrogen-bond donors (Lipinski definition) is 5. The molecule has 1 saturated heterocycles. The number of halogens is 1. The van der Waals surface area contributed by atoms with Crippen LogP contribution in [0.1, 0.15) is 32.1 Å². The van der Waals surface area contributed by atoms with Crippen molar-refractivity contribution in [1.29, 1.82) is 0 Å². The molecule has 0 spiro atoms. The van der Waals surface area contributed by atoms with Crippen LogP contribution < -0.4 is 20.7 Å². The van der Waals surface area contributed by atoms with E-state index in [-0.39, 0.29) is 48.3 Å². The number of nitrogens with one attached hydrogen (secondary N) is 4. The Morgan fingerprint density at radius 3 is 2.56 bits per heavy atom. The largest absolute Gasteiger partial charge is 0.465 e. The Kier molecular flexibility index (Phi) is 12.0. The maximum Gasteiger partial charge on any atom is 0.409 e. The molecule has 5 N–H and O–H groups in total. The van der Waals surface area contributed by atoms with E-state index >= 15 is 0 Å². The quantitative estimate of drug-likeness (QED) is 0.107. The second-order valence-corrected chi connectivity index (χ2v) is 13.0. The van der Waals surface area contributed by atoms with Crippen LogP contribution in [0.25, 0.3) is 10.8 Å². The smallest absolute Gasteiger partial charge is 0.409 e. The SMILES string of the molecule is O=C(O)N/C=N/N1CCC[C@@H](CNC(=O)[C@H](CC(=O)N(CCNC(=O)CCl)C2CC2)NS(=O)(=O)c2ccc3ccccc3c2)C1. The van der Waals surface area contributed by atoms with Gasteiger partial charge in [-0.15, -0.1) is 11.6 Å². The highest BCUT2D eigenvalue weighted by atomic mass is 35.5. The van der Waals surface area contributed by atoms with E-state index in [1.165, 1.54) is 12.1 Å². The number of benzene rings is 2. The van der Waals surface area contributed by atoms with E-state index in [0.717, 1.165) is 37.4 Å². The van der Waals surface area contributed by atoms with Crippen LogP contribution in [0.4, 0.5) is 4.79 Å². The molecule has 1 heterocycles. The third-order valence-electron chi connectivity index (χ3n) is 7.60. The Labute approximate surface area is 266 Å². The number of hydrazone groups is 1. The second kappa shape index (κ2) is 15.9. The van der Waals surface area contributed by atoms with Gasteiger partial charge in [0.25, 0.3) is 0 Å². The Morgan fingerprint density at radius 2 is 1.84 bits per heavy atom. The Morgan fingerprint density at radius 1 is 1.09 bits per heavy atom. The number of fused-ring (bicyclic) bond motifs is 1. The molecule has 0 unspecified atom stereocenters. The maximum absolute atomic E-state index is 13.5. The lowest BCUT2D eigenvalue weighted by Gasteiger charge is -2.31. The predicted octanol–water partition coefficient (Wildman–Crippen LogP) is 1.26. The molecule has 2 aromatic rings. The molecular weight excluding hydrogens is 626 g/mol. The summed E-state index contributed by atoms with van der Waals surface area (Å²) in [6, 6.07) is 10.5. The van der Waals surface area contributed by atoms with Gasteiger partial charge >= 0.3 is 6.09 Å². The number of sulfonamides is 1. The van der Waals surface area contributed by atoms with E-state index in [4.69, 9.17) is 16.7 Å².